The van der Waals surface area contributed by atoms with Crippen LogP contribution in [-0.4, -0.2) is 27.1 Å². The molecular formula is C9H11F2N3O. The van der Waals surface area contributed by atoms with E-state index in [1.165, 1.54) is 6.20 Å². The standard InChI is InChI=1S/C9H11F2N3O/c10-9(11)2-1-6(4-9)3-8(15)7-5-12-14-13-7/h5-6H,1-4H2,(H,12,13,14). The Morgan fingerprint density at radius 2 is 2.47 bits per heavy atom. The Labute approximate surface area is 85.1 Å². The zero-order chi connectivity index (χ0) is 10.9. The van der Waals surface area contributed by atoms with Gasteiger partial charge < -0.3 is 0 Å². The lowest BCUT2D eigenvalue weighted by Gasteiger charge is -2.08. The van der Waals surface area contributed by atoms with Gasteiger partial charge in [0.1, 0.15) is 5.69 Å². The number of nitrogens with one attached hydrogen (secondary N) is 1. The van der Waals surface area contributed by atoms with Crippen LogP contribution in [0.5, 0.6) is 0 Å². The van der Waals surface area contributed by atoms with Gasteiger partial charge >= 0.3 is 0 Å². The van der Waals surface area contributed by atoms with Crippen molar-refractivity contribution in [3.8, 4) is 0 Å². The molecule has 1 aromatic rings. The van der Waals surface area contributed by atoms with Crippen molar-refractivity contribution in [3.63, 3.8) is 0 Å². The van der Waals surface area contributed by atoms with E-state index in [1.807, 2.05) is 0 Å². The summed E-state index contributed by atoms with van der Waals surface area (Å²) in [5, 5.41) is 9.45. The number of aromatic nitrogens is 3. The maximum Gasteiger partial charge on any atom is 0.248 e. The van der Waals surface area contributed by atoms with Gasteiger partial charge in [-0.25, -0.2) is 8.78 Å². The summed E-state index contributed by atoms with van der Waals surface area (Å²) < 4.78 is 25.7. The highest BCUT2D eigenvalue weighted by molar-refractivity contribution is 5.93. The fraction of sp³-hybridized carbons (Fsp3) is 0.667. The number of ketones is 1. The van der Waals surface area contributed by atoms with Crippen LogP contribution >= 0.6 is 0 Å². The lowest BCUT2D eigenvalue weighted by atomic mass is 10.00. The summed E-state index contributed by atoms with van der Waals surface area (Å²) in [4.78, 5) is 11.5. The Bertz CT molecular complexity index is 350. The molecule has 6 heteroatoms. The summed E-state index contributed by atoms with van der Waals surface area (Å²) in [5.41, 5.74) is 0.227. The maximum atomic E-state index is 12.8. The van der Waals surface area contributed by atoms with Gasteiger partial charge in [-0.2, -0.15) is 15.4 Å². The summed E-state index contributed by atoms with van der Waals surface area (Å²) in [6.45, 7) is 0. The first kappa shape index (κ1) is 10.2. The topological polar surface area (TPSA) is 58.6 Å². The van der Waals surface area contributed by atoms with Crippen LogP contribution in [0.1, 0.15) is 36.2 Å². The van der Waals surface area contributed by atoms with Crippen molar-refractivity contribution in [2.45, 2.75) is 31.6 Å². The monoisotopic (exact) mass is 215 g/mol. The minimum absolute atomic E-state index is 0.107. The van der Waals surface area contributed by atoms with E-state index >= 15 is 0 Å². The van der Waals surface area contributed by atoms with E-state index in [4.69, 9.17) is 0 Å². The predicted octanol–water partition coefficient (Wildman–Crippen LogP) is 1.81. The van der Waals surface area contributed by atoms with E-state index in [1.54, 1.807) is 0 Å². The van der Waals surface area contributed by atoms with Crippen LogP contribution in [0.4, 0.5) is 8.78 Å². The van der Waals surface area contributed by atoms with E-state index in [-0.39, 0.29) is 36.7 Å². The molecule has 0 spiro atoms. The van der Waals surface area contributed by atoms with E-state index in [0.717, 1.165) is 0 Å². The molecule has 1 unspecified atom stereocenters. The molecule has 1 aliphatic rings. The highest BCUT2D eigenvalue weighted by Gasteiger charge is 2.40. The van der Waals surface area contributed by atoms with Crippen molar-refractivity contribution in [1.29, 1.82) is 0 Å². The molecule has 82 valence electrons. The van der Waals surface area contributed by atoms with Gasteiger partial charge in [-0.3, -0.25) is 4.79 Å². The third kappa shape index (κ3) is 2.37. The molecule has 1 fully saturated rings. The molecule has 0 aromatic carbocycles. The van der Waals surface area contributed by atoms with Gasteiger partial charge in [-0.15, -0.1) is 0 Å². The number of rotatable bonds is 3. The molecular weight excluding hydrogens is 204 g/mol. The zero-order valence-electron chi connectivity index (χ0n) is 8.04. The summed E-state index contributed by atoms with van der Waals surface area (Å²) in [6, 6.07) is 0. The van der Waals surface area contributed by atoms with Gasteiger partial charge in [-0.05, 0) is 12.3 Å². The Balaban J connectivity index is 1.91. The van der Waals surface area contributed by atoms with E-state index in [2.05, 4.69) is 15.4 Å². The van der Waals surface area contributed by atoms with Crippen LogP contribution in [-0.2, 0) is 0 Å². The lowest BCUT2D eigenvalue weighted by Crippen LogP contribution is -2.12. The molecule has 0 amide bonds. The number of Topliss-reactive ketones (excluding diaryl/α,β-unsaturated/α-hetero) is 1. The molecule has 2 rings (SSSR count). The largest absolute Gasteiger partial charge is 0.292 e. The fourth-order valence-electron chi connectivity index (χ4n) is 1.92. The third-order valence-electron chi connectivity index (χ3n) is 2.68. The predicted molar refractivity (Wildman–Crippen MR) is 47.6 cm³/mol. The highest BCUT2D eigenvalue weighted by Crippen LogP contribution is 2.40. The van der Waals surface area contributed by atoms with Crippen molar-refractivity contribution in [2.75, 3.05) is 0 Å². The van der Waals surface area contributed by atoms with Crippen LogP contribution < -0.4 is 0 Å². The molecule has 4 nitrogen and oxygen atoms in total. The number of nitrogens with zero attached hydrogens (tertiary/aromatic N) is 2. The number of hydrogen-bond acceptors (Lipinski definition) is 3. The smallest absolute Gasteiger partial charge is 0.248 e. The van der Waals surface area contributed by atoms with Gasteiger partial charge in [0.05, 0.1) is 6.20 Å². The molecule has 0 saturated heterocycles. The number of hydrogen-bond donors (Lipinski definition) is 1. The molecule has 1 saturated carbocycles. The van der Waals surface area contributed by atoms with Crippen molar-refractivity contribution >= 4 is 5.78 Å². The second-order valence-electron chi connectivity index (χ2n) is 3.95. The molecule has 1 heterocycles. The van der Waals surface area contributed by atoms with Gasteiger partial charge in [-0.1, -0.05) is 0 Å². The van der Waals surface area contributed by atoms with Crippen molar-refractivity contribution in [2.24, 2.45) is 5.92 Å². The maximum absolute atomic E-state index is 12.8. The number of aromatic amines is 1. The summed E-state index contributed by atoms with van der Waals surface area (Å²) in [7, 11) is 0. The first-order valence-electron chi connectivity index (χ1n) is 4.84. The summed E-state index contributed by atoms with van der Waals surface area (Å²) >= 11 is 0. The Morgan fingerprint density at radius 3 is 3.00 bits per heavy atom. The molecule has 1 aromatic heterocycles. The van der Waals surface area contributed by atoms with Gasteiger partial charge in [0.25, 0.3) is 0 Å². The number of carbonyl (C=O) groups is 1. The fourth-order valence-corrected chi connectivity index (χ4v) is 1.92. The van der Waals surface area contributed by atoms with Crippen molar-refractivity contribution < 1.29 is 13.6 Å². The van der Waals surface area contributed by atoms with Crippen LogP contribution in [0, 0.1) is 5.92 Å². The van der Waals surface area contributed by atoms with Crippen LogP contribution in [0.15, 0.2) is 6.20 Å². The van der Waals surface area contributed by atoms with Gasteiger partial charge in [0, 0.05) is 19.3 Å². The number of alkyl halides is 2. The van der Waals surface area contributed by atoms with Gasteiger partial charge in [0.2, 0.25) is 5.92 Å². The molecule has 1 N–H and O–H groups in total. The second-order valence-corrected chi connectivity index (χ2v) is 3.95. The molecule has 1 aliphatic carbocycles. The second kappa shape index (κ2) is 3.67. The molecule has 1 atom stereocenters. The van der Waals surface area contributed by atoms with Crippen molar-refractivity contribution in [3.05, 3.63) is 11.9 Å². The number of carbonyl (C=O) groups excluding carboxylic acids is 1. The zero-order valence-corrected chi connectivity index (χ0v) is 8.04. The Hall–Kier alpha value is -1.33. The number of H-pyrrole nitrogens is 1. The first-order chi connectivity index (χ1) is 7.07. The van der Waals surface area contributed by atoms with Crippen LogP contribution in [0.3, 0.4) is 0 Å². The van der Waals surface area contributed by atoms with Gasteiger partial charge in [0.15, 0.2) is 5.78 Å². The minimum Gasteiger partial charge on any atom is -0.292 e. The SMILES string of the molecule is O=C(CC1CCC(F)(F)C1)c1cn[nH]n1. The minimum atomic E-state index is -2.59. The average molecular weight is 215 g/mol. The highest BCUT2D eigenvalue weighted by atomic mass is 19.3. The van der Waals surface area contributed by atoms with E-state index < -0.39 is 5.92 Å². The van der Waals surface area contributed by atoms with Crippen molar-refractivity contribution in [1.82, 2.24) is 15.4 Å². The Kier molecular flexibility index (Phi) is 2.50. The summed E-state index contributed by atoms with van der Waals surface area (Å²) in [5.74, 6) is -3.02. The average Bonchev–Trinajstić information content (AvgIpc) is 2.74. The molecule has 15 heavy (non-hydrogen) atoms. The normalized spacial score (nSPS) is 24.3. The van der Waals surface area contributed by atoms with Crippen LogP contribution in [0.25, 0.3) is 0 Å². The Morgan fingerprint density at radius 1 is 1.67 bits per heavy atom. The number of halogens is 2. The molecule has 0 radical (unpaired) electrons. The van der Waals surface area contributed by atoms with Crippen LogP contribution in [0.2, 0.25) is 0 Å². The van der Waals surface area contributed by atoms with E-state index in [0.29, 0.717) is 6.42 Å². The quantitative estimate of drug-likeness (QED) is 0.782. The summed E-state index contributed by atoms with van der Waals surface area (Å²) in [6.07, 6.45) is 1.58. The lowest BCUT2D eigenvalue weighted by molar-refractivity contribution is 0.00497. The first-order valence-corrected chi connectivity index (χ1v) is 4.84. The molecule has 0 bridgehead atoms. The van der Waals surface area contributed by atoms with E-state index in [9.17, 15) is 13.6 Å². The third-order valence-corrected chi connectivity index (χ3v) is 2.68. The molecule has 0 aliphatic heterocycles.